The summed E-state index contributed by atoms with van der Waals surface area (Å²) in [4.78, 5) is 12.0. The zero-order valence-electron chi connectivity index (χ0n) is 7.71. The third-order valence-corrected chi connectivity index (χ3v) is 3.49. The fourth-order valence-corrected chi connectivity index (χ4v) is 2.72. The van der Waals surface area contributed by atoms with E-state index >= 15 is 0 Å². The van der Waals surface area contributed by atoms with Gasteiger partial charge in [0.05, 0.1) is 21.7 Å². The number of carbonyl (C=O) groups excluding carboxylic acids is 1. The maximum Gasteiger partial charge on any atom is 0.198 e. The molecule has 2 nitrogen and oxygen atoms in total. The largest absolute Gasteiger partial charge is 0.469 e. The van der Waals surface area contributed by atoms with E-state index in [2.05, 4.69) is 0 Å². The molecule has 0 aromatic carbocycles. The molecule has 0 amide bonds. The molecule has 15 heavy (non-hydrogen) atoms. The van der Waals surface area contributed by atoms with Crippen molar-refractivity contribution in [3.05, 3.63) is 44.0 Å². The fourth-order valence-electron chi connectivity index (χ4n) is 1.26. The van der Waals surface area contributed by atoms with Crippen molar-refractivity contribution < 1.29 is 9.21 Å². The molecule has 2 heterocycles. The second-order valence-corrected chi connectivity index (χ2v) is 5.24. The Labute approximate surface area is 100 Å². The number of rotatable bonds is 2. The topological polar surface area (TPSA) is 30.2 Å². The lowest BCUT2D eigenvalue weighted by Gasteiger charge is -1.95. The van der Waals surface area contributed by atoms with Crippen LogP contribution >= 0.6 is 34.5 Å². The quantitative estimate of drug-likeness (QED) is 0.759. The van der Waals surface area contributed by atoms with Crippen molar-refractivity contribution in [1.29, 1.82) is 0 Å². The van der Waals surface area contributed by atoms with Crippen molar-refractivity contribution in [3.8, 4) is 0 Å². The van der Waals surface area contributed by atoms with E-state index in [1.54, 1.807) is 19.1 Å². The monoisotopic (exact) mass is 260 g/mol. The normalized spacial score (nSPS) is 10.6. The van der Waals surface area contributed by atoms with E-state index in [0.717, 1.165) is 0 Å². The van der Waals surface area contributed by atoms with Gasteiger partial charge < -0.3 is 4.42 Å². The van der Waals surface area contributed by atoms with E-state index in [0.29, 0.717) is 25.6 Å². The summed E-state index contributed by atoms with van der Waals surface area (Å²) in [5.74, 6) is 0.424. The van der Waals surface area contributed by atoms with Gasteiger partial charge in [-0.2, -0.15) is 0 Å². The van der Waals surface area contributed by atoms with Crippen LogP contribution in [0.4, 0.5) is 0 Å². The van der Waals surface area contributed by atoms with Crippen LogP contribution in [0.25, 0.3) is 0 Å². The number of carbonyl (C=O) groups is 1. The van der Waals surface area contributed by atoms with Gasteiger partial charge in [-0.25, -0.2) is 0 Å². The van der Waals surface area contributed by atoms with Gasteiger partial charge in [-0.3, -0.25) is 4.79 Å². The zero-order chi connectivity index (χ0) is 11.0. The Kier molecular flexibility index (Phi) is 2.87. The molecular formula is C10H6Cl2O2S. The average molecular weight is 261 g/mol. The molecule has 0 radical (unpaired) electrons. The number of hydrogen-bond donors (Lipinski definition) is 0. The van der Waals surface area contributed by atoms with E-state index in [-0.39, 0.29) is 5.78 Å². The van der Waals surface area contributed by atoms with Crippen molar-refractivity contribution in [2.24, 2.45) is 0 Å². The molecule has 0 aliphatic rings. The zero-order valence-corrected chi connectivity index (χ0v) is 10.0. The molecule has 0 bridgehead atoms. The van der Waals surface area contributed by atoms with Gasteiger partial charge in [-0.05, 0) is 19.1 Å². The Balaban J connectivity index is 2.45. The smallest absolute Gasteiger partial charge is 0.198 e. The van der Waals surface area contributed by atoms with E-state index in [1.165, 1.54) is 17.6 Å². The molecule has 5 heteroatoms. The Morgan fingerprint density at radius 1 is 1.40 bits per heavy atom. The van der Waals surface area contributed by atoms with Crippen molar-refractivity contribution in [1.82, 2.24) is 0 Å². The molecule has 2 aromatic heterocycles. The minimum Gasteiger partial charge on any atom is -0.469 e. The summed E-state index contributed by atoms with van der Waals surface area (Å²) in [5.41, 5.74) is 0.947. The maximum absolute atomic E-state index is 12.0. The Hall–Kier alpha value is -0.770. The van der Waals surface area contributed by atoms with Crippen LogP contribution in [0.2, 0.25) is 8.67 Å². The van der Waals surface area contributed by atoms with E-state index in [9.17, 15) is 4.79 Å². The van der Waals surface area contributed by atoms with E-state index in [4.69, 9.17) is 27.6 Å². The lowest BCUT2D eigenvalue weighted by Crippen LogP contribution is -2.00. The van der Waals surface area contributed by atoms with Gasteiger partial charge >= 0.3 is 0 Å². The van der Waals surface area contributed by atoms with Crippen LogP contribution in [0.3, 0.4) is 0 Å². The number of halogens is 2. The first-order valence-electron chi connectivity index (χ1n) is 4.13. The predicted octanol–water partition coefficient (Wildman–Crippen LogP) is 4.19. The Morgan fingerprint density at radius 2 is 2.13 bits per heavy atom. The highest BCUT2D eigenvalue weighted by Gasteiger charge is 2.18. The van der Waals surface area contributed by atoms with Gasteiger partial charge in [0.15, 0.2) is 5.78 Å². The highest BCUT2D eigenvalue weighted by Crippen LogP contribution is 2.33. The molecule has 0 saturated carbocycles. The molecular weight excluding hydrogens is 255 g/mol. The van der Waals surface area contributed by atoms with Crippen LogP contribution in [-0.4, -0.2) is 5.78 Å². The van der Waals surface area contributed by atoms with Gasteiger partial charge in [0.25, 0.3) is 0 Å². The second-order valence-electron chi connectivity index (χ2n) is 2.96. The molecule has 0 atom stereocenters. The third-order valence-electron chi connectivity index (χ3n) is 2.00. The number of ketones is 1. The number of furan rings is 1. The van der Waals surface area contributed by atoms with E-state index < -0.39 is 0 Å². The molecule has 2 rings (SSSR count). The molecule has 2 aromatic rings. The summed E-state index contributed by atoms with van der Waals surface area (Å²) >= 11 is 12.8. The molecule has 78 valence electrons. The molecule has 0 N–H and O–H groups in total. The third kappa shape index (κ3) is 1.95. The van der Waals surface area contributed by atoms with Crippen LogP contribution < -0.4 is 0 Å². The van der Waals surface area contributed by atoms with Crippen molar-refractivity contribution in [2.45, 2.75) is 6.92 Å². The van der Waals surface area contributed by atoms with Crippen LogP contribution in [-0.2, 0) is 0 Å². The molecule has 0 aliphatic heterocycles. The lowest BCUT2D eigenvalue weighted by atomic mass is 10.1. The first kappa shape index (κ1) is 10.7. The van der Waals surface area contributed by atoms with Crippen LogP contribution in [0.5, 0.6) is 0 Å². The summed E-state index contributed by atoms with van der Waals surface area (Å²) in [6.45, 7) is 1.73. The molecule has 0 saturated heterocycles. The minimum atomic E-state index is -0.158. The summed E-state index contributed by atoms with van der Waals surface area (Å²) in [5, 5.41) is 0. The highest BCUT2D eigenvalue weighted by atomic mass is 35.5. The predicted molar refractivity (Wildman–Crippen MR) is 61.2 cm³/mol. The van der Waals surface area contributed by atoms with Gasteiger partial charge in [-0.15, -0.1) is 11.3 Å². The van der Waals surface area contributed by atoms with Crippen molar-refractivity contribution >= 4 is 40.3 Å². The standard InChI is InChI=1S/C10H6Cl2O2S/c1-5-6(2-3-14-5)9(13)7-4-8(11)15-10(7)12/h2-4H,1H3. The van der Waals surface area contributed by atoms with E-state index in [1.807, 2.05) is 0 Å². The summed E-state index contributed by atoms with van der Waals surface area (Å²) < 4.78 is 5.97. The van der Waals surface area contributed by atoms with Crippen LogP contribution in [0, 0.1) is 6.92 Å². The SMILES string of the molecule is Cc1occc1C(=O)c1cc(Cl)sc1Cl. The lowest BCUT2D eigenvalue weighted by molar-refractivity contribution is 0.103. The van der Waals surface area contributed by atoms with Gasteiger partial charge in [0.1, 0.15) is 10.1 Å². The number of thiophene rings is 1. The Morgan fingerprint density at radius 3 is 2.60 bits per heavy atom. The first-order chi connectivity index (χ1) is 7.09. The number of hydrogen-bond acceptors (Lipinski definition) is 3. The fraction of sp³-hybridized carbons (Fsp3) is 0.100. The maximum atomic E-state index is 12.0. The molecule has 0 aliphatic carbocycles. The molecule has 0 unspecified atom stereocenters. The summed E-state index contributed by atoms with van der Waals surface area (Å²) in [7, 11) is 0. The van der Waals surface area contributed by atoms with Crippen LogP contribution in [0.15, 0.2) is 22.8 Å². The molecule has 0 spiro atoms. The van der Waals surface area contributed by atoms with Crippen molar-refractivity contribution in [2.75, 3.05) is 0 Å². The van der Waals surface area contributed by atoms with Gasteiger partial charge in [0, 0.05) is 0 Å². The van der Waals surface area contributed by atoms with Gasteiger partial charge in [-0.1, -0.05) is 23.2 Å². The van der Waals surface area contributed by atoms with Crippen LogP contribution in [0.1, 0.15) is 21.7 Å². The summed E-state index contributed by atoms with van der Waals surface area (Å²) in [6.07, 6.45) is 1.48. The van der Waals surface area contributed by atoms with Crippen molar-refractivity contribution in [3.63, 3.8) is 0 Å². The average Bonchev–Trinajstić information content (AvgIpc) is 2.71. The minimum absolute atomic E-state index is 0.158. The van der Waals surface area contributed by atoms with Gasteiger partial charge in [0.2, 0.25) is 0 Å². The first-order valence-corrected chi connectivity index (χ1v) is 5.70. The number of aryl methyl sites for hydroxylation is 1. The highest BCUT2D eigenvalue weighted by molar-refractivity contribution is 7.20. The second kappa shape index (κ2) is 4.00. The molecule has 0 fully saturated rings. The summed E-state index contributed by atoms with van der Waals surface area (Å²) in [6, 6.07) is 3.20. The Bertz CT molecular complexity index is 513.